The number of fused-ring (bicyclic) bond motifs is 14. The number of ether oxygens (including phenoxy) is 2. The molecule has 2 aliphatic rings. The van der Waals surface area contributed by atoms with Gasteiger partial charge in [0, 0.05) is 30.0 Å². The van der Waals surface area contributed by atoms with Crippen molar-refractivity contribution in [2.75, 3.05) is 0 Å². The summed E-state index contributed by atoms with van der Waals surface area (Å²) in [6.07, 6.45) is 3.82. The molecule has 2 aliphatic heterocycles. The van der Waals surface area contributed by atoms with Crippen molar-refractivity contribution in [2.45, 2.75) is 52.4 Å². The molecule has 0 radical (unpaired) electrons. The van der Waals surface area contributed by atoms with Gasteiger partial charge in [0.1, 0.15) is 34.6 Å². The Bertz CT molecular complexity index is 3470. The Morgan fingerprint density at radius 1 is 0.459 bits per heavy atom. The molecular formula is C50H39BN8O2. The molecule has 11 heteroatoms. The van der Waals surface area contributed by atoms with Gasteiger partial charge in [0.15, 0.2) is 0 Å². The fourth-order valence-electron chi connectivity index (χ4n) is 9.68. The first kappa shape index (κ1) is 34.5. The van der Waals surface area contributed by atoms with Crippen molar-refractivity contribution in [3.63, 3.8) is 0 Å². The first-order chi connectivity index (χ1) is 29.5. The topological polar surface area (TPSA) is 88.7 Å². The van der Waals surface area contributed by atoms with Gasteiger partial charge >= 0.3 is 0 Å². The van der Waals surface area contributed by atoms with Gasteiger partial charge < -0.3 is 9.47 Å². The van der Waals surface area contributed by atoms with E-state index in [0.29, 0.717) is 0 Å². The molecule has 0 bridgehead atoms. The maximum atomic E-state index is 6.91. The average Bonchev–Trinajstić information content (AvgIpc) is 3.98. The van der Waals surface area contributed by atoms with Crippen molar-refractivity contribution in [1.82, 2.24) is 37.9 Å². The van der Waals surface area contributed by atoms with Crippen LogP contribution in [0.1, 0.15) is 52.7 Å². The second-order valence-corrected chi connectivity index (χ2v) is 18.5. The van der Waals surface area contributed by atoms with Gasteiger partial charge in [-0.1, -0.05) is 71.9 Å². The van der Waals surface area contributed by atoms with E-state index in [0.717, 1.165) is 107 Å². The molecule has 6 aromatic heterocycles. The number of para-hydroxylation sites is 4. The van der Waals surface area contributed by atoms with E-state index >= 15 is 0 Å². The number of hydrogen-bond acceptors (Lipinski definition) is 6. The number of pyridine rings is 2. The Balaban J connectivity index is 1.12. The molecule has 13 rings (SSSR count). The zero-order valence-electron chi connectivity index (χ0n) is 34.6. The van der Waals surface area contributed by atoms with Gasteiger partial charge in [-0.05, 0) is 106 Å². The summed E-state index contributed by atoms with van der Waals surface area (Å²) in [5.41, 5.74) is 13.1. The van der Waals surface area contributed by atoms with Crippen LogP contribution in [0.5, 0.6) is 23.0 Å². The minimum atomic E-state index is -0.213. The Kier molecular flexibility index (Phi) is 6.59. The normalized spacial score (nSPS) is 13.6. The number of benzene rings is 5. The molecule has 294 valence electrons. The van der Waals surface area contributed by atoms with E-state index in [1.807, 2.05) is 42.7 Å². The van der Waals surface area contributed by atoms with E-state index in [1.54, 1.807) is 0 Å². The molecule has 0 atom stereocenters. The third-order valence-electron chi connectivity index (χ3n) is 12.7. The quantitative estimate of drug-likeness (QED) is 0.162. The maximum Gasteiger partial charge on any atom is 0.260 e. The maximum absolute atomic E-state index is 6.91. The molecule has 10 nitrogen and oxygen atoms in total. The molecule has 11 aromatic rings. The molecule has 0 saturated heterocycles. The summed E-state index contributed by atoms with van der Waals surface area (Å²) in [6.45, 7) is 13.2. The number of nitrogens with zero attached hydrogens (tertiary/aromatic N) is 8. The number of hydrogen-bond donors (Lipinski definition) is 0. The van der Waals surface area contributed by atoms with Crippen LogP contribution in [0.25, 0.3) is 67.3 Å². The Labute approximate surface area is 350 Å². The molecular weight excluding hydrogens is 755 g/mol. The molecule has 5 aromatic carbocycles. The van der Waals surface area contributed by atoms with E-state index in [4.69, 9.17) is 29.4 Å². The van der Waals surface area contributed by atoms with Crippen LogP contribution in [0.3, 0.4) is 0 Å². The van der Waals surface area contributed by atoms with Gasteiger partial charge in [-0.2, -0.15) is 0 Å². The van der Waals surface area contributed by atoms with Crippen molar-refractivity contribution >= 4 is 78.8 Å². The summed E-state index contributed by atoms with van der Waals surface area (Å²) in [6, 6.07) is 40.2. The molecule has 0 unspecified atom stereocenters. The van der Waals surface area contributed by atoms with Crippen LogP contribution in [0.4, 0.5) is 0 Å². The first-order valence-electron chi connectivity index (χ1n) is 20.8. The smallest absolute Gasteiger partial charge is 0.260 e. The lowest BCUT2D eigenvalue weighted by atomic mass is 9.35. The predicted octanol–water partition coefficient (Wildman–Crippen LogP) is 9.29. The average molecular weight is 795 g/mol. The number of aromatic nitrogens is 8. The molecule has 0 amide bonds. The molecule has 0 fully saturated rings. The van der Waals surface area contributed by atoms with Crippen LogP contribution in [0.2, 0.25) is 0 Å². The largest absolute Gasteiger partial charge is 0.458 e. The predicted molar refractivity (Wildman–Crippen MR) is 243 cm³/mol. The molecule has 8 heterocycles. The van der Waals surface area contributed by atoms with Crippen LogP contribution < -0.4 is 25.9 Å². The van der Waals surface area contributed by atoms with Gasteiger partial charge in [0.2, 0.25) is 11.6 Å². The molecule has 61 heavy (non-hydrogen) atoms. The molecule has 0 N–H and O–H groups in total. The van der Waals surface area contributed by atoms with Crippen molar-refractivity contribution in [1.29, 1.82) is 0 Å². The highest BCUT2D eigenvalue weighted by Crippen LogP contribution is 2.40. The lowest BCUT2D eigenvalue weighted by Crippen LogP contribution is -2.57. The zero-order valence-corrected chi connectivity index (χ0v) is 34.6. The van der Waals surface area contributed by atoms with Crippen molar-refractivity contribution < 1.29 is 9.47 Å². The van der Waals surface area contributed by atoms with Crippen LogP contribution in [-0.2, 0) is 10.8 Å². The van der Waals surface area contributed by atoms with Crippen LogP contribution in [0.15, 0.2) is 128 Å². The highest BCUT2D eigenvalue weighted by atomic mass is 16.5. The van der Waals surface area contributed by atoms with Crippen LogP contribution in [-0.4, -0.2) is 44.6 Å². The second-order valence-electron chi connectivity index (χ2n) is 18.5. The van der Waals surface area contributed by atoms with Gasteiger partial charge in [-0.25, -0.2) is 19.9 Å². The minimum Gasteiger partial charge on any atom is -0.458 e. The number of imidazole rings is 4. The molecule has 0 saturated carbocycles. The Morgan fingerprint density at radius 3 is 1.38 bits per heavy atom. The third-order valence-corrected chi connectivity index (χ3v) is 12.7. The first-order valence-corrected chi connectivity index (χ1v) is 20.8. The fourth-order valence-corrected chi connectivity index (χ4v) is 9.68. The Hall–Kier alpha value is -7.40. The van der Waals surface area contributed by atoms with Gasteiger partial charge in [0.05, 0.1) is 44.1 Å². The second kappa shape index (κ2) is 11.7. The van der Waals surface area contributed by atoms with Crippen molar-refractivity contribution in [2.24, 2.45) is 0 Å². The van der Waals surface area contributed by atoms with Crippen LogP contribution in [0, 0.1) is 0 Å². The standard InChI is InChI=1S/C50H39BN8O2/c1-49(2,3)28-18-20-52-44(22-28)58-36-24-30-42(26-38(36)56-34-14-9-7-12-32(34)54-47(56)58)60-40-16-11-17-41-46(40)51(30)31-25-37-39(27-43(31)61-41)57-35-15-10-8-13-33(35)55-48(57)59(37)45-23-29(19-21-53-45)50(4,5)6/h7-27H,1-6H3. The monoisotopic (exact) mass is 794 g/mol. The van der Waals surface area contributed by atoms with E-state index in [9.17, 15) is 0 Å². The van der Waals surface area contributed by atoms with E-state index in [-0.39, 0.29) is 17.5 Å². The van der Waals surface area contributed by atoms with Crippen molar-refractivity contribution in [3.8, 4) is 34.6 Å². The van der Waals surface area contributed by atoms with Crippen molar-refractivity contribution in [3.05, 3.63) is 139 Å². The highest BCUT2D eigenvalue weighted by Gasteiger charge is 2.42. The lowest BCUT2D eigenvalue weighted by Gasteiger charge is -2.33. The molecule has 0 spiro atoms. The third kappa shape index (κ3) is 4.74. The summed E-state index contributed by atoms with van der Waals surface area (Å²) < 4.78 is 22.7. The number of rotatable bonds is 2. The summed E-state index contributed by atoms with van der Waals surface area (Å²) in [4.78, 5) is 20.4. The lowest BCUT2D eigenvalue weighted by molar-refractivity contribution is 0.465. The highest BCUT2D eigenvalue weighted by molar-refractivity contribution is 6.98. The van der Waals surface area contributed by atoms with E-state index in [2.05, 4.69) is 144 Å². The van der Waals surface area contributed by atoms with Gasteiger partial charge in [-0.15, -0.1) is 0 Å². The van der Waals surface area contributed by atoms with Crippen LogP contribution >= 0.6 is 0 Å². The fraction of sp³-hybridized carbons (Fsp3) is 0.160. The summed E-state index contributed by atoms with van der Waals surface area (Å²) in [7, 11) is 0. The van der Waals surface area contributed by atoms with E-state index in [1.165, 1.54) is 11.1 Å². The Morgan fingerprint density at radius 2 is 0.918 bits per heavy atom. The van der Waals surface area contributed by atoms with Gasteiger partial charge in [-0.3, -0.25) is 17.9 Å². The summed E-state index contributed by atoms with van der Waals surface area (Å²) >= 11 is 0. The summed E-state index contributed by atoms with van der Waals surface area (Å²) in [5, 5.41) is 0. The van der Waals surface area contributed by atoms with E-state index < -0.39 is 0 Å². The molecule has 0 aliphatic carbocycles. The van der Waals surface area contributed by atoms with Gasteiger partial charge in [0.25, 0.3) is 6.71 Å². The summed E-state index contributed by atoms with van der Waals surface area (Å²) in [5.74, 6) is 6.35. The zero-order chi connectivity index (χ0) is 41.1. The minimum absolute atomic E-state index is 0.0730. The SMILES string of the molecule is CC(C)(C)c1ccnc(-n2c3cc4c(cc3n3c5ccccc5nc23)Oc2cccc3c2B4c2cc4c(cc2O3)n2c3ccccc3nc2n4-c2cc(C(C)(C)C)ccn2)c1.